The van der Waals surface area contributed by atoms with E-state index in [2.05, 4.69) is 31.0 Å². The Labute approximate surface area is 172 Å². The van der Waals surface area contributed by atoms with Crippen LogP contribution in [0, 0.1) is 0 Å². The van der Waals surface area contributed by atoms with Gasteiger partial charge in [-0.15, -0.1) is 0 Å². The molecule has 2 aliphatic heterocycles. The SMILES string of the molecule is CC(C)(C)c1ccc(S(=O)(=O)N2CCN(CCCN3C(=O)CNC3=O)CC2)cc1. The second-order valence-electron chi connectivity index (χ2n) is 8.58. The number of nitrogens with zero attached hydrogens (tertiary/aromatic N) is 3. The van der Waals surface area contributed by atoms with Gasteiger partial charge in [0.2, 0.25) is 15.9 Å². The number of hydrogen-bond acceptors (Lipinski definition) is 5. The van der Waals surface area contributed by atoms with Crippen LogP contribution in [0.5, 0.6) is 0 Å². The van der Waals surface area contributed by atoms with E-state index in [0.717, 1.165) is 12.1 Å². The lowest BCUT2D eigenvalue weighted by Gasteiger charge is -2.34. The molecule has 0 radical (unpaired) electrons. The van der Waals surface area contributed by atoms with Crippen molar-refractivity contribution in [2.75, 3.05) is 45.8 Å². The van der Waals surface area contributed by atoms with Gasteiger partial charge in [0.15, 0.2) is 0 Å². The molecule has 160 valence electrons. The molecule has 0 saturated carbocycles. The van der Waals surface area contributed by atoms with E-state index >= 15 is 0 Å². The molecule has 3 amide bonds. The van der Waals surface area contributed by atoms with Crippen molar-refractivity contribution < 1.29 is 18.0 Å². The van der Waals surface area contributed by atoms with E-state index in [0.29, 0.717) is 44.0 Å². The molecule has 1 N–H and O–H groups in total. The number of sulfonamides is 1. The maximum absolute atomic E-state index is 12.9. The monoisotopic (exact) mass is 422 g/mol. The van der Waals surface area contributed by atoms with E-state index in [4.69, 9.17) is 0 Å². The van der Waals surface area contributed by atoms with E-state index in [1.54, 1.807) is 12.1 Å². The summed E-state index contributed by atoms with van der Waals surface area (Å²) in [6, 6.07) is 6.84. The first-order valence-corrected chi connectivity index (χ1v) is 11.4. The minimum absolute atomic E-state index is 0.0196. The zero-order chi connectivity index (χ0) is 21.2. The van der Waals surface area contributed by atoms with Gasteiger partial charge in [-0.1, -0.05) is 32.9 Å². The molecule has 8 nitrogen and oxygen atoms in total. The van der Waals surface area contributed by atoms with Gasteiger partial charge in [-0.05, 0) is 36.1 Å². The Bertz CT molecular complexity index is 837. The van der Waals surface area contributed by atoms with Gasteiger partial charge in [-0.25, -0.2) is 13.2 Å². The van der Waals surface area contributed by atoms with Crippen molar-refractivity contribution >= 4 is 22.0 Å². The third-order valence-corrected chi connectivity index (χ3v) is 7.40. The van der Waals surface area contributed by atoms with Crippen LogP contribution in [0.25, 0.3) is 0 Å². The molecule has 1 aromatic carbocycles. The van der Waals surface area contributed by atoms with Crippen molar-refractivity contribution in [1.29, 1.82) is 0 Å². The number of nitrogens with one attached hydrogen (secondary N) is 1. The Hall–Kier alpha value is -1.97. The Kier molecular flexibility index (Phi) is 6.30. The standard InChI is InChI=1S/C20H30N4O4S/c1-20(2,3)16-5-7-17(8-6-16)29(27,28)23-13-11-22(12-14-23)9-4-10-24-18(25)15-21-19(24)26/h5-8H,4,9-15H2,1-3H3,(H,21,26). The summed E-state index contributed by atoms with van der Waals surface area (Å²) >= 11 is 0. The number of carbonyl (C=O) groups is 2. The van der Waals surface area contributed by atoms with Crippen LogP contribution in [-0.2, 0) is 20.2 Å². The lowest BCUT2D eigenvalue weighted by molar-refractivity contribution is -0.125. The number of imide groups is 1. The van der Waals surface area contributed by atoms with E-state index in [1.165, 1.54) is 9.21 Å². The highest BCUT2D eigenvalue weighted by molar-refractivity contribution is 7.89. The molecule has 0 spiro atoms. The highest BCUT2D eigenvalue weighted by Gasteiger charge is 2.30. The molecule has 0 atom stereocenters. The van der Waals surface area contributed by atoms with E-state index < -0.39 is 10.0 Å². The normalized spacial score (nSPS) is 19.6. The van der Waals surface area contributed by atoms with Crippen molar-refractivity contribution in [2.24, 2.45) is 0 Å². The van der Waals surface area contributed by atoms with Crippen LogP contribution in [0.4, 0.5) is 4.79 Å². The second-order valence-corrected chi connectivity index (χ2v) is 10.5. The van der Waals surface area contributed by atoms with Gasteiger partial charge in [0, 0.05) is 32.7 Å². The highest BCUT2D eigenvalue weighted by Crippen LogP contribution is 2.25. The fourth-order valence-corrected chi connectivity index (χ4v) is 5.03. The molecule has 0 unspecified atom stereocenters. The number of piperazine rings is 1. The van der Waals surface area contributed by atoms with Gasteiger partial charge in [0.05, 0.1) is 11.4 Å². The highest BCUT2D eigenvalue weighted by atomic mass is 32.2. The minimum Gasteiger partial charge on any atom is -0.329 e. The molecule has 29 heavy (non-hydrogen) atoms. The first kappa shape index (κ1) is 21.7. The van der Waals surface area contributed by atoms with Crippen molar-refractivity contribution in [3.63, 3.8) is 0 Å². The van der Waals surface area contributed by atoms with Crippen LogP contribution in [0.15, 0.2) is 29.2 Å². The van der Waals surface area contributed by atoms with Gasteiger partial charge >= 0.3 is 6.03 Å². The van der Waals surface area contributed by atoms with Gasteiger partial charge in [-0.3, -0.25) is 9.69 Å². The summed E-state index contributed by atoms with van der Waals surface area (Å²) in [5.74, 6) is -0.191. The molecule has 9 heteroatoms. The maximum Gasteiger partial charge on any atom is 0.324 e. The van der Waals surface area contributed by atoms with Crippen LogP contribution in [-0.4, -0.2) is 80.3 Å². The maximum atomic E-state index is 12.9. The third kappa shape index (κ3) is 4.96. The number of hydrogen-bond donors (Lipinski definition) is 1. The van der Waals surface area contributed by atoms with Gasteiger partial charge in [0.1, 0.15) is 0 Å². The van der Waals surface area contributed by atoms with Gasteiger partial charge in [-0.2, -0.15) is 4.31 Å². The fourth-order valence-electron chi connectivity index (χ4n) is 3.60. The second kappa shape index (κ2) is 8.41. The van der Waals surface area contributed by atoms with Crippen molar-refractivity contribution in [1.82, 2.24) is 19.4 Å². The molecule has 3 rings (SSSR count). The smallest absolute Gasteiger partial charge is 0.324 e. The molecular formula is C20H30N4O4S. The van der Waals surface area contributed by atoms with Crippen LogP contribution in [0.2, 0.25) is 0 Å². The summed E-state index contributed by atoms with van der Waals surface area (Å²) in [5.41, 5.74) is 1.08. The summed E-state index contributed by atoms with van der Waals surface area (Å²) in [7, 11) is -3.50. The first-order chi connectivity index (χ1) is 13.6. The Morgan fingerprint density at radius 2 is 1.59 bits per heavy atom. The largest absolute Gasteiger partial charge is 0.329 e. The van der Waals surface area contributed by atoms with Crippen molar-refractivity contribution in [3.05, 3.63) is 29.8 Å². The molecule has 2 heterocycles. The van der Waals surface area contributed by atoms with E-state index in [-0.39, 0.29) is 23.9 Å². The number of urea groups is 1. The zero-order valence-electron chi connectivity index (χ0n) is 17.3. The summed E-state index contributed by atoms with van der Waals surface area (Å²) in [5, 5.41) is 2.51. The Morgan fingerprint density at radius 1 is 0.966 bits per heavy atom. The molecule has 0 aliphatic carbocycles. The third-order valence-electron chi connectivity index (χ3n) is 5.48. The van der Waals surface area contributed by atoms with E-state index in [9.17, 15) is 18.0 Å². The van der Waals surface area contributed by atoms with E-state index in [1.807, 2.05) is 12.1 Å². The van der Waals surface area contributed by atoms with Crippen molar-refractivity contribution in [2.45, 2.75) is 37.5 Å². The zero-order valence-corrected chi connectivity index (χ0v) is 18.2. The summed E-state index contributed by atoms with van der Waals surface area (Å²) in [4.78, 5) is 26.9. The lowest BCUT2D eigenvalue weighted by Crippen LogP contribution is -2.49. The predicted octanol–water partition coefficient (Wildman–Crippen LogP) is 1.23. The minimum atomic E-state index is -3.50. The van der Waals surface area contributed by atoms with Gasteiger partial charge in [0.25, 0.3) is 0 Å². The quantitative estimate of drug-likeness (QED) is 0.697. The number of benzene rings is 1. The van der Waals surface area contributed by atoms with Gasteiger partial charge < -0.3 is 10.2 Å². The molecule has 1 aromatic rings. The Balaban J connectivity index is 1.50. The molecule has 0 aromatic heterocycles. The van der Waals surface area contributed by atoms with Crippen LogP contribution >= 0.6 is 0 Å². The summed E-state index contributed by atoms with van der Waals surface area (Å²) in [6.45, 7) is 9.64. The summed E-state index contributed by atoms with van der Waals surface area (Å²) < 4.78 is 27.4. The van der Waals surface area contributed by atoms with Crippen LogP contribution in [0.3, 0.4) is 0 Å². The topological polar surface area (TPSA) is 90.0 Å². The number of rotatable bonds is 6. The summed E-state index contributed by atoms with van der Waals surface area (Å²) in [6.07, 6.45) is 0.681. The molecule has 0 bridgehead atoms. The Morgan fingerprint density at radius 3 is 2.10 bits per heavy atom. The van der Waals surface area contributed by atoms with Crippen LogP contribution in [0.1, 0.15) is 32.8 Å². The average Bonchev–Trinajstić information content (AvgIpc) is 3.00. The molecule has 2 aliphatic rings. The van der Waals surface area contributed by atoms with Crippen LogP contribution < -0.4 is 5.32 Å². The number of amides is 3. The number of carbonyl (C=O) groups excluding carboxylic acids is 2. The molecule has 2 fully saturated rings. The van der Waals surface area contributed by atoms with Crippen molar-refractivity contribution in [3.8, 4) is 0 Å². The lowest BCUT2D eigenvalue weighted by atomic mass is 9.87. The molecule has 2 saturated heterocycles. The average molecular weight is 423 g/mol. The fraction of sp³-hybridized carbons (Fsp3) is 0.600. The predicted molar refractivity (Wildman–Crippen MR) is 110 cm³/mol. The first-order valence-electron chi connectivity index (χ1n) is 10.0. The molecular weight excluding hydrogens is 392 g/mol.